The van der Waals surface area contributed by atoms with E-state index in [4.69, 9.17) is 17.0 Å². The van der Waals surface area contributed by atoms with Crippen LogP contribution in [-0.2, 0) is 20.9 Å². The number of hydrogen-bond donors (Lipinski definition) is 0. The van der Waals surface area contributed by atoms with E-state index in [-0.39, 0.29) is 11.9 Å². The van der Waals surface area contributed by atoms with E-state index in [2.05, 4.69) is 20.7 Å². The molecule has 1 heterocycles. The van der Waals surface area contributed by atoms with Crippen LogP contribution in [0, 0.1) is 0 Å². The number of amides is 1. The lowest BCUT2D eigenvalue weighted by Crippen LogP contribution is -2.29. The number of rotatable bonds is 10. The first-order valence-corrected chi connectivity index (χ1v) is 12.3. The number of hydrogen-bond acceptors (Lipinski definition) is 6. The Hall–Kier alpha value is -2.16. The van der Waals surface area contributed by atoms with Gasteiger partial charge in [-0.25, -0.2) is 0 Å². The summed E-state index contributed by atoms with van der Waals surface area (Å²) in [6.45, 7) is 1.04. The van der Waals surface area contributed by atoms with Crippen LogP contribution >= 0.6 is 39.9 Å². The van der Waals surface area contributed by atoms with Crippen molar-refractivity contribution in [3.05, 3.63) is 69.0 Å². The third-order valence-electron chi connectivity index (χ3n) is 4.84. The Bertz CT molecular complexity index is 1010. The molecule has 5 nitrogen and oxygen atoms in total. The number of thiocarbonyl (C=S) groups is 1. The van der Waals surface area contributed by atoms with Crippen molar-refractivity contribution in [3.8, 4) is 5.75 Å². The standard InChI is InChI=1S/C24H24BrNO4S2/c1-29-22(27)8-3-2-4-13-26-23(28)21(32-24(26)31)15-17-9-11-20(12-10-17)30-16-18-6-5-7-19(25)14-18/h5-7,9-12,14-15H,2-4,8,13,16H2,1H3/b21-15+. The minimum absolute atomic E-state index is 0.0667. The van der Waals surface area contributed by atoms with E-state index in [1.807, 2.05) is 54.6 Å². The molecule has 1 saturated heterocycles. The summed E-state index contributed by atoms with van der Waals surface area (Å²) in [5, 5.41) is 0. The average molecular weight is 534 g/mol. The van der Waals surface area contributed by atoms with Crippen molar-refractivity contribution in [1.29, 1.82) is 0 Å². The zero-order valence-corrected chi connectivity index (χ0v) is 20.9. The van der Waals surface area contributed by atoms with Crippen LogP contribution < -0.4 is 4.74 Å². The minimum Gasteiger partial charge on any atom is -0.489 e. The van der Waals surface area contributed by atoms with Gasteiger partial charge in [-0.1, -0.05) is 70.6 Å². The second kappa shape index (κ2) is 12.2. The highest BCUT2D eigenvalue weighted by Gasteiger charge is 2.31. The van der Waals surface area contributed by atoms with Crippen LogP contribution in [0.4, 0.5) is 0 Å². The maximum atomic E-state index is 12.7. The molecule has 1 aliphatic rings. The number of ether oxygens (including phenoxy) is 2. The number of nitrogens with zero attached hydrogens (tertiary/aromatic N) is 1. The van der Waals surface area contributed by atoms with Gasteiger partial charge in [-0.05, 0) is 54.3 Å². The topological polar surface area (TPSA) is 55.8 Å². The fourth-order valence-electron chi connectivity index (χ4n) is 3.12. The smallest absolute Gasteiger partial charge is 0.305 e. The van der Waals surface area contributed by atoms with E-state index in [1.54, 1.807) is 4.90 Å². The highest BCUT2D eigenvalue weighted by molar-refractivity contribution is 9.10. The third kappa shape index (κ3) is 7.18. The second-order valence-corrected chi connectivity index (χ2v) is 9.80. The Kier molecular flexibility index (Phi) is 9.32. The summed E-state index contributed by atoms with van der Waals surface area (Å²) in [4.78, 5) is 26.2. The summed E-state index contributed by atoms with van der Waals surface area (Å²) in [6.07, 6.45) is 4.63. The zero-order chi connectivity index (χ0) is 22.9. The average Bonchev–Trinajstić information content (AvgIpc) is 3.05. The van der Waals surface area contributed by atoms with E-state index < -0.39 is 0 Å². The first-order valence-electron chi connectivity index (χ1n) is 10.3. The number of esters is 1. The summed E-state index contributed by atoms with van der Waals surface area (Å²) < 4.78 is 12.1. The molecule has 1 aliphatic heterocycles. The van der Waals surface area contributed by atoms with Crippen molar-refractivity contribution in [2.45, 2.75) is 32.3 Å². The lowest BCUT2D eigenvalue weighted by Gasteiger charge is -2.13. The molecule has 0 unspecified atom stereocenters. The monoisotopic (exact) mass is 533 g/mol. The SMILES string of the molecule is COC(=O)CCCCCN1C(=O)/C(=C\c2ccc(OCc3cccc(Br)c3)cc2)SC1=S. The lowest BCUT2D eigenvalue weighted by molar-refractivity contribution is -0.140. The van der Waals surface area contributed by atoms with Crippen molar-refractivity contribution in [3.63, 3.8) is 0 Å². The molecule has 1 fully saturated rings. The van der Waals surface area contributed by atoms with Crippen LogP contribution in [0.5, 0.6) is 5.75 Å². The summed E-state index contributed by atoms with van der Waals surface area (Å²) in [5.41, 5.74) is 2.00. The second-order valence-electron chi connectivity index (χ2n) is 7.21. The van der Waals surface area contributed by atoms with Gasteiger partial charge in [-0.15, -0.1) is 0 Å². The van der Waals surface area contributed by atoms with Gasteiger partial charge >= 0.3 is 5.97 Å². The van der Waals surface area contributed by atoms with E-state index >= 15 is 0 Å². The van der Waals surface area contributed by atoms with Crippen molar-refractivity contribution in [2.24, 2.45) is 0 Å². The molecule has 0 bridgehead atoms. The predicted molar refractivity (Wildman–Crippen MR) is 135 cm³/mol. The molecule has 3 rings (SSSR count). The fourth-order valence-corrected chi connectivity index (χ4v) is 4.87. The van der Waals surface area contributed by atoms with Crippen LogP contribution in [0.15, 0.2) is 57.9 Å². The Balaban J connectivity index is 1.51. The number of carbonyl (C=O) groups excluding carboxylic acids is 2. The highest BCUT2D eigenvalue weighted by Crippen LogP contribution is 2.33. The lowest BCUT2D eigenvalue weighted by atomic mass is 10.2. The van der Waals surface area contributed by atoms with Crippen molar-refractivity contribution in [2.75, 3.05) is 13.7 Å². The third-order valence-corrected chi connectivity index (χ3v) is 6.71. The molecule has 1 amide bonds. The molecule has 0 aromatic heterocycles. The van der Waals surface area contributed by atoms with Gasteiger partial charge in [-0.3, -0.25) is 14.5 Å². The van der Waals surface area contributed by atoms with Crippen LogP contribution in [0.2, 0.25) is 0 Å². The molecular formula is C24H24BrNO4S2. The zero-order valence-electron chi connectivity index (χ0n) is 17.7. The fraction of sp³-hybridized carbons (Fsp3) is 0.292. The molecule has 8 heteroatoms. The molecule has 0 atom stereocenters. The number of methoxy groups -OCH3 is 1. The van der Waals surface area contributed by atoms with Gasteiger partial charge in [0.2, 0.25) is 0 Å². The quantitative estimate of drug-likeness (QED) is 0.162. The molecule has 2 aromatic carbocycles. The minimum atomic E-state index is -0.205. The number of thioether (sulfide) groups is 1. The Labute approximate surface area is 206 Å². The van der Waals surface area contributed by atoms with Gasteiger partial charge in [-0.2, -0.15) is 0 Å². The van der Waals surface area contributed by atoms with Crippen LogP contribution in [0.25, 0.3) is 6.08 Å². The first-order chi connectivity index (χ1) is 15.5. The molecule has 0 spiro atoms. The number of benzene rings is 2. The maximum Gasteiger partial charge on any atom is 0.305 e. The van der Waals surface area contributed by atoms with Gasteiger partial charge in [0, 0.05) is 17.4 Å². The molecule has 0 radical (unpaired) electrons. The maximum absolute atomic E-state index is 12.7. The van der Waals surface area contributed by atoms with E-state index in [0.29, 0.717) is 28.8 Å². The highest BCUT2D eigenvalue weighted by atomic mass is 79.9. The Morgan fingerprint density at radius 1 is 1.16 bits per heavy atom. The Morgan fingerprint density at radius 2 is 1.94 bits per heavy atom. The van der Waals surface area contributed by atoms with Gasteiger partial charge in [0.15, 0.2) is 0 Å². The Morgan fingerprint density at radius 3 is 2.66 bits per heavy atom. The number of halogens is 1. The van der Waals surface area contributed by atoms with Gasteiger partial charge in [0.1, 0.15) is 16.7 Å². The van der Waals surface area contributed by atoms with E-state index in [0.717, 1.165) is 40.6 Å². The van der Waals surface area contributed by atoms with Gasteiger partial charge in [0.25, 0.3) is 5.91 Å². The predicted octanol–water partition coefficient (Wildman–Crippen LogP) is 5.96. The van der Waals surface area contributed by atoms with E-state index in [9.17, 15) is 9.59 Å². The summed E-state index contributed by atoms with van der Waals surface area (Å²) in [5.74, 6) is 0.493. The summed E-state index contributed by atoms with van der Waals surface area (Å²) in [7, 11) is 1.39. The molecule has 0 N–H and O–H groups in total. The molecule has 2 aromatic rings. The molecular weight excluding hydrogens is 510 g/mol. The van der Waals surface area contributed by atoms with Crippen LogP contribution in [0.3, 0.4) is 0 Å². The van der Waals surface area contributed by atoms with Crippen molar-refractivity contribution >= 4 is 62.2 Å². The molecule has 0 aliphatic carbocycles. The molecule has 32 heavy (non-hydrogen) atoms. The van der Waals surface area contributed by atoms with Crippen LogP contribution in [0.1, 0.15) is 36.8 Å². The largest absolute Gasteiger partial charge is 0.489 e. The normalized spacial score (nSPS) is 14.8. The van der Waals surface area contributed by atoms with Crippen molar-refractivity contribution in [1.82, 2.24) is 4.90 Å². The van der Waals surface area contributed by atoms with Gasteiger partial charge in [0.05, 0.1) is 12.0 Å². The van der Waals surface area contributed by atoms with E-state index in [1.165, 1.54) is 18.9 Å². The number of unbranched alkanes of at least 4 members (excludes halogenated alkanes) is 2. The number of carbonyl (C=O) groups is 2. The molecule has 168 valence electrons. The van der Waals surface area contributed by atoms with Crippen LogP contribution in [-0.4, -0.2) is 34.8 Å². The van der Waals surface area contributed by atoms with Crippen molar-refractivity contribution < 1.29 is 19.1 Å². The summed E-state index contributed by atoms with van der Waals surface area (Å²) in [6, 6.07) is 15.6. The van der Waals surface area contributed by atoms with Gasteiger partial charge < -0.3 is 9.47 Å². The first kappa shape index (κ1) is 24.5. The summed E-state index contributed by atoms with van der Waals surface area (Å²) >= 11 is 10.2. The molecule has 0 saturated carbocycles.